The van der Waals surface area contributed by atoms with Gasteiger partial charge in [-0.2, -0.15) is 0 Å². The minimum atomic E-state index is -0.0486. The monoisotopic (exact) mass is 364 g/mol. The van der Waals surface area contributed by atoms with E-state index in [1.54, 1.807) is 11.8 Å². The van der Waals surface area contributed by atoms with Crippen LogP contribution in [0.25, 0.3) is 0 Å². The van der Waals surface area contributed by atoms with Gasteiger partial charge in [-0.15, -0.1) is 0 Å². The molecular weight excluding hydrogens is 340 g/mol. The van der Waals surface area contributed by atoms with Crippen LogP contribution in [-0.2, 0) is 11.2 Å². The first-order valence-electron chi connectivity index (χ1n) is 9.51. The van der Waals surface area contributed by atoms with E-state index in [2.05, 4.69) is 17.4 Å². The summed E-state index contributed by atoms with van der Waals surface area (Å²) in [6.07, 6.45) is 1.75. The van der Waals surface area contributed by atoms with Crippen LogP contribution in [0.3, 0.4) is 0 Å². The van der Waals surface area contributed by atoms with Crippen molar-refractivity contribution in [1.29, 1.82) is 0 Å². The van der Waals surface area contributed by atoms with E-state index < -0.39 is 0 Å². The van der Waals surface area contributed by atoms with Crippen molar-refractivity contribution in [3.05, 3.63) is 59.2 Å². The molecule has 2 amide bonds. The maximum absolute atomic E-state index is 12.6. The number of benzene rings is 2. The van der Waals surface area contributed by atoms with Gasteiger partial charge in [-0.3, -0.25) is 9.59 Å². The van der Waals surface area contributed by atoms with Gasteiger partial charge in [-0.1, -0.05) is 12.1 Å². The van der Waals surface area contributed by atoms with Gasteiger partial charge in [0.25, 0.3) is 5.91 Å². The van der Waals surface area contributed by atoms with Crippen LogP contribution in [0.2, 0.25) is 0 Å². The number of ether oxygens (including phenoxy) is 1. The summed E-state index contributed by atoms with van der Waals surface area (Å²) in [6, 6.07) is 13.9. The van der Waals surface area contributed by atoms with Gasteiger partial charge in [0.05, 0.1) is 6.61 Å². The third kappa shape index (κ3) is 3.54. The number of carbonyl (C=O) groups excluding carboxylic acids is 2. The number of carbonyl (C=O) groups is 2. The van der Waals surface area contributed by atoms with Crippen molar-refractivity contribution in [3.8, 4) is 5.75 Å². The van der Waals surface area contributed by atoms with Crippen LogP contribution in [0.4, 0.5) is 5.69 Å². The molecule has 2 unspecified atom stereocenters. The Morgan fingerprint density at radius 3 is 2.85 bits per heavy atom. The summed E-state index contributed by atoms with van der Waals surface area (Å²) in [5.41, 5.74) is 3.86. The van der Waals surface area contributed by atoms with Crippen molar-refractivity contribution >= 4 is 17.5 Å². The van der Waals surface area contributed by atoms with Crippen LogP contribution >= 0.6 is 0 Å². The topological polar surface area (TPSA) is 58.6 Å². The molecular formula is C22H24N2O3. The first kappa shape index (κ1) is 17.6. The first-order chi connectivity index (χ1) is 13.1. The summed E-state index contributed by atoms with van der Waals surface area (Å²) in [5, 5.41) is 3.14. The highest BCUT2D eigenvalue weighted by Crippen LogP contribution is 2.42. The molecule has 5 nitrogen and oxygen atoms in total. The Kier molecular flexibility index (Phi) is 4.60. The van der Waals surface area contributed by atoms with Crippen molar-refractivity contribution in [2.45, 2.75) is 38.6 Å². The average molecular weight is 364 g/mol. The Morgan fingerprint density at radius 2 is 2.07 bits per heavy atom. The second-order valence-corrected chi connectivity index (χ2v) is 7.19. The summed E-state index contributed by atoms with van der Waals surface area (Å²) in [6.45, 7) is 4.88. The molecule has 1 fully saturated rings. The van der Waals surface area contributed by atoms with Gasteiger partial charge in [-0.05, 0) is 61.2 Å². The summed E-state index contributed by atoms with van der Waals surface area (Å²) < 4.78 is 5.56. The van der Waals surface area contributed by atoms with Gasteiger partial charge in [0, 0.05) is 36.7 Å². The lowest BCUT2D eigenvalue weighted by Gasteiger charge is -2.14. The highest BCUT2D eigenvalue weighted by atomic mass is 16.5. The highest BCUT2D eigenvalue weighted by Gasteiger charge is 2.39. The van der Waals surface area contributed by atoms with E-state index in [0.29, 0.717) is 24.6 Å². The molecule has 0 radical (unpaired) electrons. The van der Waals surface area contributed by atoms with Crippen molar-refractivity contribution < 1.29 is 14.3 Å². The molecule has 0 bridgehead atoms. The standard InChI is InChI=1S/C22H24N2O3/c1-3-27-18-6-4-5-15(12-18)19-13-20(19)23-22(26)17-7-8-21-16(11-17)9-10-24(21)14(2)25/h4-8,11-12,19-20H,3,9-10,13H2,1-2H3,(H,23,26). The largest absolute Gasteiger partial charge is 0.494 e. The molecule has 5 heteroatoms. The number of rotatable bonds is 5. The van der Waals surface area contributed by atoms with Gasteiger partial charge in [0.1, 0.15) is 5.75 Å². The lowest BCUT2D eigenvalue weighted by Crippen LogP contribution is -2.27. The molecule has 2 atom stereocenters. The zero-order valence-corrected chi connectivity index (χ0v) is 15.7. The summed E-state index contributed by atoms with van der Waals surface area (Å²) in [4.78, 5) is 26.1. The van der Waals surface area contributed by atoms with Gasteiger partial charge in [0.2, 0.25) is 5.91 Å². The predicted octanol–water partition coefficient (Wildman–Crippen LogP) is 3.28. The Labute approximate surface area is 159 Å². The second-order valence-electron chi connectivity index (χ2n) is 7.19. The van der Waals surface area contributed by atoms with Crippen molar-refractivity contribution in [1.82, 2.24) is 5.32 Å². The van der Waals surface area contributed by atoms with E-state index in [4.69, 9.17) is 4.74 Å². The maximum atomic E-state index is 12.6. The third-order valence-corrected chi connectivity index (χ3v) is 5.32. The lowest BCUT2D eigenvalue weighted by molar-refractivity contribution is -0.116. The quantitative estimate of drug-likeness (QED) is 0.886. The normalized spacial score (nSPS) is 20.1. The van der Waals surface area contributed by atoms with E-state index in [1.165, 1.54) is 5.56 Å². The molecule has 140 valence electrons. The van der Waals surface area contributed by atoms with Gasteiger partial charge < -0.3 is 15.0 Å². The van der Waals surface area contributed by atoms with Crippen LogP contribution in [0.5, 0.6) is 5.75 Å². The van der Waals surface area contributed by atoms with E-state index in [0.717, 1.165) is 29.8 Å². The Hall–Kier alpha value is -2.82. The van der Waals surface area contributed by atoms with Crippen molar-refractivity contribution in [2.75, 3.05) is 18.1 Å². The van der Waals surface area contributed by atoms with Crippen molar-refractivity contribution in [2.24, 2.45) is 0 Å². The molecule has 4 rings (SSSR count). The summed E-state index contributed by atoms with van der Waals surface area (Å²) in [7, 11) is 0. The van der Waals surface area contributed by atoms with Crippen LogP contribution < -0.4 is 15.0 Å². The molecule has 1 aliphatic heterocycles. The Bertz CT molecular complexity index is 893. The van der Waals surface area contributed by atoms with E-state index in [-0.39, 0.29) is 17.9 Å². The molecule has 2 aliphatic rings. The molecule has 1 heterocycles. The smallest absolute Gasteiger partial charge is 0.251 e. The second kappa shape index (κ2) is 7.06. The molecule has 27 heavy (non-hydrogen) atoms. The number of fused-ring (bicyclic) bond motifs is 1. The van der Waals surface area contributed by atoms with E-state index >= 15 is 0 Å². The zero-order valence-electron chi connectivity index (χ0n) is 15.7. The molecule has 1 N–H and O–H groups in total. The third-order valence-electron chi connectivity index (χ3n) is 5.32. The van der Waals surface area contributed by atoms with E-state index in [9.17, 15) is 9.59 Å². The lowest BCUT2D eigenvalue weighted by atomic mass is 10.1. The molecule has 0 aromatic heterocycles. The zero-order chi connectivity index (χ0) is 19.0. The number of hydrogen-bond acceptors (Lipinski definition) is 3. The molecule has 1 aliphatic carbocycles. The van der Waals surface area contributed by atoms with Crippen LogP contribution in [0.15, 0.2) is 42.5 Å². The van der Waals surface area contributed by atoms with Gasteiger partial charge >= 0.3 is 0 Å². The molecule has 2 aromatic carbocycles. The van der Waals surface area contributed by atoms with Crippen LogP contribution in [0, 0.1) is 0 Å². The Morgan fingerprint density at radius 1 is 1.22 bits per heavy atom. The van der Waals surface area contributed by atoms with Crippen LogP contribution in [-0.4, -0.2) is 31.0 Å². The molecule has 2 aromatic rings. The number of amides is 2. The van der Waals surface area contributed by atoms with Crippen molar-refractivity contribution in [3.63, 3.8) is 0 Å². The van der Waals surface area contributed by atoms with Gasteiger partial charge in [-0.25, -0.2) is 0 Å². The summed E-state index contributed by atoms with van der Waals surface area (Å²) >= 11 is 0. The fourth-order valence-corrected chi connectivity index (χ4v) is 3.85. The number of hydrogen-bond donors (Lipinski definition) is 1. The SMILES string of the molecule is CCOc1cccc(C2CC2NC(=O)c2ccc3c(c2)CCN3C(C)=O)c1. The average Bonchev–Trinajstić information content (AvgIpc) is 3.28. The fourth-order valence-electron chi connectivity index (χ4n) is 3.85. The predicted molar refractivity (Wildman–Crippen MR) is 104 cm³/mol. The minimum absolute atomic E-state index is 0.0426. The molecule has 0 saturated heterocycles. The number of nitrogens with one attached hydrogen (secondary N) is 1. The van der Waals surface area contributed by atoms with Crippen LogP contribution in [0.1, 0.15) is 47.7 Å². The number of anilines is 1. The maximum Gasteiger partial charge on any atom is 0.251 e. The highest BCUT2D eigenvalue weighted by molar-refractivity contribution is 5.98. The molecule has 1 saturated carbocycles. The fraction of sp³-hybridized carbons (Fsp3) is 0.364. The first-order valence-corrected chi connectivity index (χ1v) is 9.51. The number of nitrogens with zero attached hydrogens (tertiary/aromatic N) is 1. The minimum Gasteiger partial charge on any atom is -0.494 e. The summed E-state index contributed by atoms with van der Waals surface area (Å²) in [5.74, 6) is 1.21. The van der Waals surface area contributed by atoms with Gasteiger partial charge in [0.15, 0.2) is 0 Å². The molecule has 0 spiro atoms. The Balaban J connectivity index is 1.41. The van der Waals surface area contributed by atoms with E-state index in [1.807, 2.05) is 37.3 Å².